The molecule has 0 saturated carbocycles. The van der Waals surface area contributed by atoms with E-state index in [1.165, 1.54) is 11.3 Å². The van der Waals surface area contributed by atoms with Crippen LogP contribution in [0, 0.1) is 6.92 Å². The summed E-state index contributed by atoms with van der Waals surface area (Å²) in [5.41, 5.74) is 3.53. The van der Waals surface area contributed by atoms with Crippen molar-refractivity contribution in [3.05, 3.63) is 51.1 Å². The lowest BCUT2D eigenvalue weighted by molar-refractivity contribution is -0.108. The molecule has 9 nitrogen and oxygen atoms in total. The molecule has 184 valence electrons. The molecular weight excluding hydrogens is 464 g/mol. The molecule has 1 fully saturated rings. The zero-order valence-corrected chi connectivity index (χ0v) is 20.8. The maximum absolute atomic E-state index is 13.1. The van der Waals surface area contributed by atoms with Crippen LogP contribution in [-0.2, 0) is 17.8 Å². The fraction of sp³-hybridized carbons (Fsp3) is 0.440. The number of benzene rings is 1. The summed E-state index contributed by atoms with van der Waals surface area (Å²) < 4.78 is 0. The minimum Gasteiger partial charge on any atom is -0.351 e. The number of hydrogen-bond acceptors (Lipinski definition) is 7. The number of likely N-dealkylation sites (tertiary alicyclic amines) is 1. The lowest BCUT2D eigenvalue weighted by Crippen LogP contribution is -2.51. The van der Waals surface area contributed by atoms with Gasteiger partial charge in [-0.15, -0.1) is 11.3 Å². The summed E-state index contributed by atoms with van der Waals surface area (Å²) in [6.45, 7) is 5.47. The SMILES string of the molecule is Cc1ccc2[nH]c(C(=O)N[C@@H]3CN(CCC=O)C[C@H]3NC(=O)c3nc4c(s3)CN(C)CC4)cc2c1. The van der Waals surface area contributed by atoms with Crippen LogP contribution in [0.1, 0.15) is 42.8 Å². The molecule has 3 aromatic rings. The van der Waals surface area contributed by atoms with Gasteiger partial charge < -0.3 is 25.3 Å². The third kappa shape index (κ3) is 5.14. The summed E-state index contributed by atoms with van der Waals surface area (Å²) in [4.78, 5) is 50.3. The molecule has 1 saturated heterocycles. The molecule has 0 spiro atoms. The second-order valence-electron chi connectivity index (χ2n) is 9.53. The zero-order valence-electron chi connectivity index (χ0n) is 20.0. The third-order valence-electron chi connectivity index (χ3n) is 6.73. The van der Waals surface area contributed by atoms with Crippen LogP contribution in [-0.4, -0.2) is 83.2 Å². The fourth-order valence-electron chi connectivity index (χ4n) is 4.87. The monoisotopic (exact) mass is 494 g/mol. The van der Waals surface area contributed by atoms with E-state index in [-0.39, 0.29) is 23.9 Å². The summed E-state index contributed by atoms with van der Waals surface area (Å²) in [6, 6.07) is 7.28. The Balaban J connectivity index is 1.30. The second-order valence-corrected chi connectivity index (χ2v) is 10.6. The Hall–Kier alpha value is -3.08. The van der Waals surface area contributed by atoms with Crippen molar-refractivity contribution in [3.63, 3.8) is 0 Å². The number of fused-ring (bicyclic) bond motifs is 2. The number of aryl methyl sites for hydroxylation is 1. The fourth-order valence-corrected chi connectivity index (χ4v) is 5.96. The summed E-state index contributed by atoms with van der Waals surface area (Å²) in [7, 11) is 2.07. The number of nitrogens with one attached hydrogen (secondary N) is 3. The minimum absolute atomic E-state index is 0.213. The maximum Gasteiger partial charge on any atom is 0.280 e. The molecule has 0 aliphatic carbocycles. The first-order chi connectivity index (χ1) is 16.9. The van der Waals surface area contributed by atoms with E-state index >= 15 is 0 Å². The third-order valence-corrected chi connectivity index (χ3v) is 7.81. The van der Waals surface area contributed by atoms with Gasteiger partial charge in [0.2, 0.25) is 0 Å². The van der Waals surface area contributed by atoms with Gasteiger partial charge in [0.15, 0.2) is 5.01 Å². The van der Waals surface area contributed by atoms with E-state index in [1.54, 1.807) is 0 Å². The molecular formula is C25H30N6O3S. The number of amides is 2. The minimum atomic E-state index is -0.285. The Morgan fingerprint density at radius 2 is 1.97 bits per heavy atom. The molecule has 2 atom stereocenters. The molecule has 2 amide bonds. The quantitative estimate of drug-likeness (QED) is 0.432. The summed E-state index contributed by atoms with van der Waals surface area (Å²) in [6.07, 6.45) is 2.15. The van der Waals surface area contributed by atoms with Crippen molar-refractivity contribution < 1.29 is 14.4 Å². The maximum atomic E-state index is 13.1. The van der Waals surface area contributed by atoms with Gasteiger partial charge in [-0.2, -0.15) is 0 Å². The number of likely N-dealkylation sites (N-methyl/N-ethyl adjacent to an activating group) is 1. The summed E-state index contributed by atoms with van der Waals surface area (Å²) in [5, 5.41) is 7.65. The first-order valence-electron chi connectivity index (χ1n) is 11.9. The Kier molecular flexibility index (Phi) is 6.68. The van der Waals surface area contributed by atoms with E-state index in [1.807, 2.05) is 31.2 Å². The van der Waals surface area contributed by atoms with E-state index in [2.05, 4.69) is 37.4 Å². The van der Waals surface area contributed by atoms with Gasteiger partial charge in [0.05, 0.1) is 17.8 Å². The van der Waals surface area contributed by atoms with Gasteiger partial charge in [-0.25, -0.2) is 4.98 Å². The number of carbonyl (C=O) groups excluding carboxylic acids is 3. The van der Waals surface area contributed by atoms with E-state index < -0.39 is 0 Å². The molecule has 4 heterocycles. The average molecular weight is 495 g/mol. The van der Waals surface area contributed by atoms with Crippen molar-refractivity contribution in [2.45, 2.75) is 38.4 Å². The second kappa shape index (κ2) is 9.88. The van der Waals surface area contributed by atoms with Crippen LogP contribution < -0.4 is 10.6 Å². The van der Waals surface area contributed by atoms with Gasteiger partial charge in [0.1, 0.15) is 12.0 Å². The van der Waals surface area contributed by atoms with Gasteiger partial charge in [-0.1, -0.05) is 11.6 Å². The highest BCUT2D eigenvalue weighted by Gasteiger charge is 2.36. The first-order valence-corrected chi connectivity index (χ1v) is 12.8. The number of aromatic nitrogens is 2. The number of carbonyl (C=O) groups is 3. The van der Waals surface area contributed by atoms with Gasteiger partial charge in [-0.3, -0.25) is 14.5 Å². The van der Waals surface area contributed by atoms with Gasteiger partial charge in [0.25, 0.3) is 11.8 Å². The van der Waals surface area contributed by atoms with Crippen molar-refractivity contribution in [3.8, 4) is 0 Å². The first kappa shape index (κ1) is 23.7. The Labute approximate surface area is 207 Å². The number of aldehydes is 1. The normalized spacial score (nSPS) is 20.6. The van der Waals surface area contributed by atoms with Gasteiger partial charge in [-0.05, 0) is 32.2 Å². The number of thiazole rings is 1. The van der Waals surface area contributed by atoms with E-state index in [0.717, 1.165) is 52.8 Å². The highest BCUT2D eigenvalue weighted by atomic mass is 32.1. The average Bonchev–Trinajstić information content (AvgIpc) is 3.54. The van der Waals surface area contributed by atoms with Crippen molar-refractivity contribution in [1.29, 1.82) is 0 Å². The highest BCUT2D eigenvalue weighted by molar-refractivity contribution is 7.13. The van der Waals surface area contributed by atoms with Crippen LogP contribution in [0.3, 0.4) is 0 Å². The molecule has 0 radical (unpaired) electrons. The van der Waals surface area contributed by atoms with Gasteiger partial charge in [0, 0.05) is 61.3 Å². The van der Waals surface area contributed by atoms with Crippen molar-refractivity contribution in [1.82, 2.24) is 30.4 Å². The molecule has 3 N–H and O–H groups in total. The largest absolute Gasteiger partial charge is 0.351 e. The molecule has 2 aromatic heterocycles. The molecule has 0 unspecified atom stereocenters. The van der Waals surface area contributed by atoms with Crippen LogP contribution in [0.25, 0.3) is 10.9 Å². The Morgan fingerprint density at radius 1 is 1.20 bits per heavy atom. The van der Waals surface area contributed by atoms with Gasteiger partial charge >= 0.3 is 0 Å². The molecule has 0 bridgehead atoms. The number of aromatic amines is 1. The smallest absolute Gasteiger partial charge is 0.280 e. The molecule has 1 aromatic carbocycles. The number of H-pyrrole nitrogens is 1. The van der Waals surface area contributed by atoms with Crippen LogP contribution in [0.4, 0.5) is 0 Å². The van der Waals surface area contributed by atoms with E-state index in [0.29, 0.717) is 36.8 Å². The van der Waals surface area contributed by atoms with Crippen molar-refractivity contribution in [2.24, 2.45) is 0 Å². The lowest BCUT2D eigenvalue weighted by Gasteiger charge is -2.20. The number of hydrogen-bond donors (Lipinski definition) is 3. The summed E-state index contributed by atoms with van der Waals surface area (Å²) >= 11 is 1.44. The number of rotatable bonds is 7. The highest BCUT2D eigenvalue weighted by Crippen LogP contribution is 2.25. The number of nitrogens with zero attached hydrogens (tertiary/aromatic N) is 3. The Bertz CT molecular complexity index is 1270. The van der Waals surface area contributed by atoms with Crippen molar-refractivity contribution >= 4 is 40.3 Å². The molecule has 2 aliphatic rings. The van der Waals surface area contributed by atoms with Crippen molar-refractivity contribution in [2.75, 3.05) is 33.2 Å². The van der Waals surface area contributed by atoms with Crippen LogP contribution in [0.15, 0.2) is 24.3 Å². The summed E-state index contributed by atoms with van der Waals surface area (Å²) in [5.74, 6) is -0.428. The molecule has 5 rings (SSSR count). The predicted octanol–water partition coefficient (Wildman–Crippen LogP) is 1.72. The zero-order chi connectivity index (χ0) is 24.5. The lowest BCUT2D eigenvalue weighted by atomic mass is 10.1. The van der Waals surface area contributed by atoms with Crippen LogP contribution in [0.2, 0.25) is 0 Å². The van der Waals surface area contributed by atoms with Crippen LogP contribution >= 0.6 is 11.3 Å². The standard InChI is InChI=1S/C25H30N6O3S/c1-15-4-5-17-16(10-15)11-19(26-17)23(33)27-20-12-31(7-3-9-32)13-21(20)28-24(34)25-29-18-6-8-30(2)14-22(18)35-25/h4-5,9-11,20-21,26H,3,6-8,12-14H2,1-2H3,(H,27,33)(H,28,34)/t20-,21-/m1/s1. The topological polar surface area (TPSA) is 110 Å². The molecule has 2 aliphatic heterocycles. The van der Waals surface area contributed by atoms with Crippen LogP contribution in [0.5, 0.6) is 0 Å². The predicted molar refractivity (Wildman–Crippen MR) is 135 cm³/mol. The van der Waals surface area contributed by atoms with E-state index in [9.17, 15) is 14.4 Å². The van der Waals surface area contributed by atoms with E-state index in [4.69, 9.17) is 0 Å². The molecule has 35 heavy (non-hydrogen) atoms. The Morgan fingerprint density at radius 3 is 2.74 bits per heavy atom. The molecule has 10 heteroatoms.